The van der Waals surface area contributed by atoms with Crippen LogP contribution in [0.25, 0.3) is 34.4 Å². The second-order valence-electron chi connectivity index (χ2n) is 12.7. The molecule has 248 valence electrons. The van der Waals surface area contributed by atoms with Crippen molar-refractivity contribution in [3.63, 3.8) is 0 Å². The number of para-hydroxylation sites is 3. The van der Waals surface area contributed by atoms with Gasteiger partial charge >= 0.3 is 0 Å². The van der Waals surface area contributed by atoms with E-state index in [0.29, 0.717) is 0 Å². The molecule has 2 heteroatoms. The molecule has 0 aliphatic heterocycles. The Kier molecular flexibility index (Phi) is 9.53. The maximum Gasteiger partial charge on any atom is 0.0462 e. The minimum Gasteiger partial charge on any atom is -0.311 e. The van der Waals surface area contributed by atoms with Crippen LogP contribution in [0.4, 0.5) is 34.1 Å². The Morgan fingerprint density at radius 1 is 0.212 bits per heavy atom. The summed E-state index contributed by atoms with van der Waals surface area (Å²) in [7, 11) is 0. The molecule has 0 aliphatic carbocycles. The second kappa shape index (κ2) is 15.3. The molecule has 0 saturated carbocycles. The van der Waals surface area contributed by atoms with E-state index in [2.05, 4.69) is 240 Å². The molecule has 0 atom stereocenters. The lowest BCUT2D eigenvalue weighted by Gasteiger charge is -2.26. The van der Waals surface area contributed by atoms with Gasteiger partial charge in [-0.3, -0.25) is 0 Å². The standard InChI is InChI=1S/C50H38N2/c1-5-13-41(14-6-1)43-29-35-49(36-30-43)52(47-19-11-4-12-20-47)50-37-31-44(32-38-50)42-27-23-39(24-28-42)21-22-40-25-33-48(34-26-40)51(45-15-7-2-8-16-45)46-17-9-3-10-18-46/h1-38H/b22-21+. The van der Waals surface area contributed by atoms with E-state index in [-0.39, 0.29) is 0 Å². The molecule has 0 N–H and O–H groups in total. The topological polar surface area (TPSA) is 6.48 Å². The highest BCUT2D eigenvalue weighted by Crippen LogP contribution is 2.37. The van der Waals surface area contributed by atoms with E-state index < -0.39 is 0 Å². The average molecular weight is 667 g/mol. The monoisotopic (exact) mass is 666 g/mol. The van der Waals surface area contributed by atoms with E-state index in [9.17, 15) is 0 Å². The molecule has 8 aromatic carbocycles. The second-order valence-corrected chi connectivity index (χ2v) is 12.7. The van der Waals surface area contributed by atoms with Crippen LogP contribution in [0.3, 0.4) is 0 Å². The van der Waals surface area contributed by atoms with Crippen molar-refractivity contribution in [1.82, 2.24) is 0 Å². The first-order chi connectivity index (χ1) is 25.8. The van der Waals surface area contributed by atoms with Gasteiger partial charge in [-0.25, -0.2) is 0 Å². The van der Waals surface area contributed by atoms with Crippen molar-refractivity contribution >= 4 is 46.3 Å². The molecule has 0 unspecified atom stereocenters. The molecule has 0 amide bonds. The fraction of sp³-hybridized carbons (Fsp3) is 0. The fourth-order valence-electron chi connectivity index (χ4n) is 6.58. The normalized spacial score (nSPS) is 11.0. The summed E-state index contributed by atoms with van der Waals surface area (Å²) in [5.74, 6) is 0. The van der Waals surface area contributed by atoms with E-state index in [1.165, 1.54) is 22.3 Å². The number of nitrogens with zero attached hydrogens (tertiary/aromatic N) is 2. The van der Waals surface area contributed by atoms with Gasteiger partial charge in [-0.2, -0.15) is 0 Å². The maximum absolute atomic E-state index is 2.31. The lowest BCUT2D eigenvalue weighted by molar-refractivity contribution is 1.28. The minimum absolute atomic E-state index is 1.11. The minimum atomic E-state index is 1.11. The van der Waals surface area contributed by atoms with E-state index in [0.717, 1.165) is 45.3 Å². The summed E-state index contributed by atoms with van der Waals surface area (Å²) in [4.78, 5) is 4.58. The van der Waals surface area contributed by atoms with Crippen molar-refractivity contribution in [2.75, 3.05) is 9.80 Å². The third-order valence-electron chi connectivity index (χ3n) is 9.26. The van der Waals surface area contributed by atoms with Crippen molar-refractivity contribution in [2.24, 2.45) is 0 Å². The quantitative estimate of drug-likeness (QED) is 0.134. The Bertz CT molecular complexity index is 2290. The predicted octanol–water partition coefficient (Wildman–Crippen LogP) is 14.1. The molecule has 0 spiro atoms. The summed E-state index contributed by atoms with van der Waals surface area (Å²) in [5, 5.41) is 0. The summed E-state index contributed by atoms with van der Waals surface area (Å²) in [6, 6.07) is 77.2. The van der Waals surface area contributed by atoms with Gasteiger partial charge in [0.15, 0.2) is 0 Å². The van der Waals surface area contributed by atoms with Crippen LogP contribution in [0, 0.1) is 0 Å². The highest BCUT2D eigenvalue weighted by Gasteiger charge is 2.14. The lowest BCUT2D eigenvalue weighted by Crippen LogP contribution is -2.09. The van der Waals surface area contributed by atoms with Gasteiger partial charge in [0.2, 0.25) is 0 Å². The Balaban J connectivity index is 0.978. The fourth-order valence-corrected chi connectivity index (χ4v) is 6.58. The average Bonchev–Trinajstić information content (AvgIpc) is 3.23. The van der Waals surface area contributed by atoms with Crippen LogP contribution in [0.1, 0.15) is 11.1 Å². The number of benzene rings is 8. The van der Waals surface area contributed by atoms with Gasteiger partial charge in [0.05, 0.1) is 0 Å². The Morgan fingerprint density at radius 2 is 0.442 bits per heavy atom. The Labute approximate surface area is 306 Å². The first kappa shape index (κ1) is 32.3. The number of hydrogen-bond donors (Lipinski definition) is 0. The predicted molar refractivity (Wildman–Crippen MR) is 222 cm³/mol. The Hall–Kier alpha value is -6.90. The molecule has 0 saturated heterocycles. The molecule has 0 heterocycles. The van der Waals surface area contributed by atoms with Crippen LogP contribution in [0.5, 0.6) is 0 Å². The largest absolute Gasteiger partial charge is 0.311 e. The van der Waals surface area contributed by atoms with Crippen molar-refractivity contribution < 1.29 is 0 Å². The molecular formula is C50H38N2. The lowest BCUT2D eigenvalue weighted by atomic mass is 10.0. The highest BCUT2D eigenvalue weighted by atomic mass is 15.1. The zero-order valence-electron chi connectivity index (χ0n) is 28.8. The molecule has 52 heavy (non-hydrogen) atoms. The third-order valence-corrected chi connectivity index (χ3v) is 9.26. The van der Waals surface area contributed by atoms with Crippen LogP contribution in [0.15, 0.2) is 218 Å². The molecule has 0 radical (unpaired) electrons. The molecule has 0 aromatic heterocycles. The molecule has 0 bridgehead atoms. The highest BCUT2D eigenvalue weighted by molar-refractivity contribution is 5.81. The van der Waals surface area contributed by atoms with E-state index in [1.807, 2.05) is 0 Å². The van der Waals surface area contributed by atoms with Crippen molar-refractivity contribution in [1.29, 1.82) is 0 Å². The first-order valence-corrected chi connectivity index (χ1v) is 17.7. The maximum atomic E-state index is 2.31. The van der Waals surface area contributed by atoms with Gasteiger partial charge in [-0.15, -0.1) is 0 Å². The van der Waals surface area contributed by atoms with E-state index >= 15 is 0 Å². The van der Waals surface area contributed by atoms with Crippen molar-refractivity contribution in [2.45, 2.75) is 0 Å². The van der Waals surface area contributed by atoms with Gasteiger partial charge in [0.25, 0.3) is 0 Å². The first-order valence-electron chi connectivity index (χ1n) is 17.7. The van der Waals surface area contributed by atoms with Crippen molar-refractivity contribution in [3.8, 4) is 22.3 Å². The molecule has 8 rings (SSSR count). The van der Waals surface area contributed by atoms with Crippen LogP contribution in [0.2, 0.25) is 0 Å². The SMILES string of the molecule is C(=C\c1ccc(N(c2ccccc2)c2ccccc2)cc1)/c1ccc(-c2ccc(N(c3ccccc3)c3ccc(-c4ccccc4)cc3)cc2)cc1. The van der Waals surface area contributed by atoms with Gasteiger partial charge in [0, 0.05) is 34.1 Å². The van der Waals surface area contributed by atoms with Crippen molar-refractivity contribution in [3.05, 3.63) is 230 Å². The van der Waals surface area contributed by atoms with Crippen LogP contribution < -0.4 is 9.80 Å². The molecule has 0 aliphatic rings. The number of hydrogen-bond acceptors (Lipinski definition) is 2. The molecule has 2 nitrogen and oxygen atoms in total. The van der Waals surface area contributed by atoms with E-state index in [1.54, 1.807) is 0 Å². The van der Waals surface area contributed by atoms with Crippen LogP contribution in [-0.4, -0.2) is 0 Å². The summed E-state index contributed by atoms with van der Waals surface area (Å²) in [5.41, 5.74) is 13.9. The summed E-state index contributed by atoms with van der Waals surface area (Å²) >= 11 is 0. The molecular weight excluding hydrogens is 629 g/mol. The summed E-state index contributed by atoms with van der Waals surface area (Å²) in [6.45, 7) is 0. The van der Waals surface area contributed by atoms with Gasteiger partial charge < -0.3 is 9.80 Å². The van der Waals surface area contributed by atoms with E-state index in [4.69, 9.17) is 0 Å². The van der Waals surface area contributed by atoms with Gasteiger partial charge in [0.1, 0.15) is 0 Å². The van der Waals surface area contributed by atoms with Crippen LogP contribution >= 0.6 is 0 Å². The third kappa shape index (κ3) is 7.33. The summed E-state index contributed by atoms with van der Waals surface area (Å²) in [6.07, 6.45) is 4.35. The van der Waals surface area contributed by atoms with Gasteiger partial charge in [-0.1, -0.05) is 158 Å². The summed E-state index contributed by atoms with van der Waals surface area (Å²) < 4.78 is 0. The number of anilines is 6. The zero-order chi connectivity index (χ0) is 35.0. The molecule has 8 aromatic rings. The zero-order valence-corrected chi connectivity index (χ0v) is 28.8. The van der Waals surface area contributed by atoms with Crippen LogP contribution in [-0.2, 0) is 0 Å². The Morgan fingerprint density at radius 3 is 0.788 bits per heavy atom. The number of rotatable bonds is 10. The smallest absolute Gasteiger partial charge is 0.0462 e. The molecule has 0 fully saturated rings. The van der Waals surface area contributed by atoms with Gasteiger partial charge in [-0.05, 0) is 106 Å².